The number of aliphatic carboxylic acids is 1. The second-order valence-corrected chi connectivity index (χ2v) is 12.5. The van der Waals surface area contributed by atoms with E-state index in [1.165, 1.54) is 30.0 Å². The number of aliphatic hydroxyl groups is 1. The highest BCUT2D eigenvalue weighted by Crippen LogP contribution is 2.46. The van der Waals surface area contributed by atoms with Crippen LogP contribution in [0, 0.1) is 6.92 Å². The Bertz CT molecular complexity index is 1460. The number of fused-ring (bicyclic) bond motifs is 3. The third-order valence-electron chi connectivity index (χ3n) is 8.48. The molecular formula is C29H35N5O7S. The van der Waals surface area contributed by atoms with Crippen molar-refractivity contribution in [3.63, 3.8) is 0 Å². The smallest absolute Gasteiger partial charge is 0.329 e. The third-order valence-corrected chi connectivity index (χ3v) is 9.78. The van der Waals surface area contributed by atoms with E-state index < -0.39 is 29.9 Å². The molecule has 6 rings (SSSR count). The number of carbonyl (C=O) groups excluding carboxylic acids is 1. The molecule has 5 atom stereocenters. The highest BCUT2D eigenvalue weighted by atomic mass is 32.1. The molecule has 3 aliphatic heterocycles. The van der Waals surface area contributed by atoms with Gasteiger partial charge in [0.25, 0.3) is 5.91 Å². The Hall–Kier alpha value is -3.52. The average Bonchev–Trinajstić information content (AvgIpc) is 3.69. The maximum absolute atomic E-state index is 13.9. The van der Waals surface area contributed by atoms with Crippen molar-refractivity contribution in [3.05, 3.63) is 53.3 Å². The summed E-state index contributed by atoms with van der Waals surface area (Å²) >= 11 is 1.26. The van der Waals surface area contributed by atoms with Crippen molar-refractivity contribution in [3.8, 4) is 10.8 Å². The van der Waals surface area contributed by atoms with Crippen LogP contribution in [0.1, 0.15) is 67.1 Å². The first-order chi connectivity index (χ1) is 20.1. The number of rotatable bonds is 9. The third kappa shape index (κ3) is 4.83. The van der Waals surface area contributed by atoms with Crippen molar-refractivity contribution >= 4 is 28.2 Å². The van der Waals surface area contributed by atoms with Crippen molar-refractivity contribution in [1.82, 2.24) is 19.9 Å². The first kappa shape index (κ1) is 28.6. The number of para-hydroxylation sites is 1. The Balaban J connectivity index is 1.45. The predicted molar refractivity (Wildman–Crippen MR) is 153 cm³/mol. The number of nitrogens with zero attached hydrogens (tertiary/aromatic N) is 5. The van der Waals surface area contributed by atoms with E-state index in [0.717, 1.165) is 36.1 Å². The Kier molecular flexibility index (Phi) is 7.46. The van der Waals surface area contributed by atoms with Crippen molar-refractivity contribution in [2.75, 3.05) is 18.6 Å². The summed E-state index contributed by atoms with van der Waals surface area (Å²) < 4.78 is 18.6. The fourth-order valence-electron chi connectivity index (χ4n) is 6.22. The number of benzene rings is 1. The highest BCUT2D eigenvalue weighted by Gasteiger charge is 2.50. The van der Waals surface area contributed by atoms with Gasteiger partial charge in [-0.2, -0.15) is 10.2 Å². The van der Waals surface area contributed by atoms with Gasteiger partial charge >= 0.3 is 5.97 Å². The van der Waals surface area contributed by atoms with Gasteiger partial charge in [0, 0.05) is 11.1 Å². The molecule has 2 fully saturated rings. The average molecular weight is 598 g/mol. The van der Waals surface area contributed by atoms with Crippen LogP contribution >= 0.6 is 11.3 Å². The molecule has 42 heavy (non-hydrogen) atoms. The lowest BCUT2D eigenvalue weighted by Crippen LogP contribution is -2.65. The maximum atomic E-state index is 13.9. The number of ether oxygens (including phenoxy) is 3. The zero-order valence-corrected chi connectivity index (χ0v) is 24.8. The Labute approximate surface area is 247 Å². The summed E-state index contributed by atoms with van der Waals surface area (Å²) in [6.45, 7) is 4.71. The van der Waals surface area contributed by atoms with E-state index >= 15 is 0 Å². The second kappa shape index (κ2) is 11.0. The molecule has 5 heterocycles. The maximum Gasteiger partial charge on any atom is 0.329 e. The standard InChI is InChI=1S/C29H35N5O7S/c1-16-23-24(35)33(29(2,3)27(36)37)28(38)32(26(23)42-25(16)34-30-11-12-31-34)15-22(20-7-5-6-8-21(20)39-4)41-19-13-17-9-10-18(14-19)40-17/h5-8,11-12,17-19,22,28,38H,9-10,13-15H2,1-4H3,(H,36,37)/t17-,18+,19-,22-,28?/m0/s1. The Morgan fingerprint density at radius 2 is 1.83 bits per heavy atom. The topological polar surface area (TPSA) is 139 Å². The quantitative estimate of drug-likeness (QED) is 0.377. The van der Waals surface area contributed by atoms with E-state index in [1.807, 2.05) is 24.3 Å². The van der Waals surface area contributed by atoms with Gasteiger partial charge in [0.15, 0.2) is 0 Å². The largest absolute Gasteiger partial charge is 0.496 e. The van der Waals surface area contributed by atoms with Gasteiger partial charge in [-0.05, 0) is 52.5 Å². The number of carboxylic acid groups (broad SMARTS) is 1. The molecule has 1 aromatic carbocycles. The minimum atomic E-state index is -1.72. The van der Waals surface area contributed by atoms with Crippen molar-refractivity contribution < 1.29 is 34.0 Å². The number of anilines is 1. The molecule has 1 amide bonds. The van der Waals surface area contributed by atoms with Crippen LogP contribution in [0.2, 0.25) is 0 Å². The minimum Gasteiger partial charge on any atom is -0.496 e. The van der Waals surface area contributed by atoms with Gasteiger partial charge in [-0.25, -0.2) is 4.79 Å². The van der Waals surface area contributed by atoms with Crippen LogP contribution in [-0.2, 0) is 14.3 Å². The fraction of sp³-hybridized carbons (Fsp3) is 0.517. The lowest BCUT2D eigenvalue weighted by atomic mass is 9.98. The number of hydrogen-bond acceptors (Lipinski definition) is 10. The van der Waals surface area contributed by atoms with Crippen LogP contribution in [-0.4, -0.2) is 85.8 Å². The lowest BCUT2D eigenvalue weighted by Gasteiger charge is -2.47. The molecule has 0 radical (unpaired) electrons. The molecule has 1 unspecified atom stereocenters. The number of carbonyl (C=O) groups is 2. The molecule has 2 bridgehead atoms. The van der Waals surface area contributed by atoms with Gasteiger partial charge in [0.05, 0.1) is 49.9 Å². The van der Waals surface area contributed by atoms with Crippen LogP contribution in [0.25, 0.3) is 5.00 Å². The molecular weight excluding hydrogens is 562 g/mol. The SMILES string of the molecule is COc1ccccc1[C@H](CN1c2sc(-n3nccn3)c(C)c2C(=O)N(C(C)(C)C(=O)O)C1O)O[C@@H]1C[C@H]2CC[C@@H](C1)O2. The normalized spacial score (nSPS) is 24.5. The number of hydrogen-bond donors (Lipinski definition) is 2. The minimum absolute atomic E-state index is 0.0744. The summed E-state index contributed by atoms with van der Waals surface area (Å²) in [5.41, 5.74) is -0.0355. The summed E-state index contributed by atoms with van der Waals surface area (Å²) in [6.07, 6.45) is 4.71. The lowest BCUT2D eigenvalue weighted by molar-refractivity contribution is -0.154. The number of carboxylic acids is 1. The number of aliphatic hydroxyl groups excluding tert-OH is 1. The van der Waals surface area contributed by atoms with Gasteiger partial charge < -0.3 is 29.3 Å². The van der Waals surface area contributed by atoms with Gasteiger partial charge in [-0.15, -0.1) is 4.80 Å². The molecule has 224 valence electrons. The van der Waals surface area contributed by atoms with Crippen molar-refractivity contribution in [1.29, 1.82) is 0 Å². The van der Waals surface area contributed by atoms with Crippen LogP contribution in [0.4, 0.5) is 5.00 Å². The van der Waals surface area contributed by atoms with Crippen LogP contribution < -0.4 is 9.64 Å². The van der Waals surface area contributed by atoms with Crippen molar-refractivity contribution in [2.45, 2.75) is 82.8 Å². The van der Waals surface area contributed by atoms with E-state index in [0.29, 0.717) is 26.9 Å². The first-order valence-corrected chi connectivity index (χ1v) is 14.9. The van der Waals surface area contributed by atoms with Crippen LogP contribution in [0.5, 0.6) is 5.75 Å². The van der Waals surface area contributed by atoms with Gasteiger partial charge in [-0.1, -0.05) is 29.5 Å². The summed E-state index contributed by atoms with van der Waals surface area (Å²) in [7, 11) is 1.60. The zero-order valence-electron chi connectivity index (χ0n) is 24.0. The van der Waals surface area contributed by atoms with E-state index in [2.05, 4.69) is 10.2 Å². The molecule has 12 nitrogen and oxygen atoms in total. The molecule has 3 aromatic rings. The van der Waals surface area contributed by atoms with Crippen LogP contribution in [0.15, 0.2) is 36.7 Å². The Morgan fingerprint density at radius 3 is 2.48 bits per heavy atom. The van der Waals surface area contributed by atoms with Crippen molar-refractivity contribution in [2.24, 2.45) is 0 Å². The van der Waals surface area contributed by atoms with Gasteiger partial charge in [0.1, 0.15) is 27.4 Å². The Morgan fingerprint density at radius 1 is 1.17 bits per heavy atom. The predicted octanol–water partition coefficient (Wildman–Crippen LogP) is 3.52. The number of amides is 1. The molecule has 3 aliphatic rings. The number of aromatic nitrogens is 3. The summed E-state index contributed by atoms with van der Waals surface area (Å²) in [4.78, 5) is 30.4. The molecule has 13 heteroatoms. The van der Waals surface area contributed by atoms with E-state index in [1.54, 1.807) is 31.3 Å². The fourth-order valence-corrected chi connectivity index (χ4v) is 7.47. The summed E-state index contributed by atoms with van der Waals surface area (Å²) in [5.74, 6) is -1.19. The molecule has 0 saturated carbocycles. The van der Waals surface area contributed by atoms with E-state index in [4.69, 9.17) is 14.2 Å². The highest BCUT2D eigenvalue weighted by molar-refractivity contribution is 7.19. The summed E-state index contributed by atoms with van der Waals surface area (Å²) in [5, 5.41) is 31.5. The van der Waals surface area contributed by atoms with E-state index in [9.17, 15) is 19.8 Å². The second-order valence-electron chi connectivity index (χ2n) is 11.5. The van der Waals surface area contributed by atoms with E-state index in [-0.39, 0.29) is 24.9 Å². The first-order valence-electron chi connectivity index (χ1n) is 14.1. The van der Waals surface area contributed by atoms with Crippen LogP contribution in [0.3, 0.4) is 0 Å². The molecule has 0 spiro atoms. The summed E-state index contributed by atoms with van der Waals surface area (Å²) in [6, 6.07) is 7.57. The van der Waals surface area contributed by atoms with Gasteiger partial charge in [0.2, 0.25) is 6.35 Å². The molecule has 0 aliphatic carbocycles. The molecule has 2 aromatic heterocycles. The number of methoxy groups -OCH3 is 1. The monoisotopic (exact) mass is 597 g/mol. The zero-order chi connectivity index (χ0) is 29.8. The molecule has 2 saturated heterocycles. The van der Waals surface area contributed by atoms with Gasteiger partial charge in [-0.3, -0.25) is 9.69 Å². The number of thiophene rings is 1. The molecule has 2 N–H and O–H groups in total.